The number of benzene rings is 1. The second-order valence-electron chi connectivity index (χ2n) is 7.01. The standard InChI is InChI=1S/C21H22N2O6/c1-5-10-27-18(24)15-12(4)29-17(22)16(19(25)28-11(2)3)21(15)13-8-6-7-9-14(13)23-20(21)26/h5-9,11,16,22H,1,10H2,2-4H3,(H,23,26). The smallest absolute Gasteiger partial charge is 0.339 e. The number of allylic oxidation sites excluding steroid dienone is 1. The molecular formula is C21H22N2O6. The first-order valence-corrected chi connectivity index (χ1v) is 9.12. The highest BCUT2D eigenvalue weighted by Gasteiger charge is 2.65. The van der Waals surface area contributed by atoms with Crippen LogP contribution in [0.25, 0.3) is 0 Å². The largest absolute Gasteiger partial charge is 0.462 e. The number of fused-ring (bicyclic) bond motifs is 2. The molecule has 1 spiro atoms. The molecule has 152 valence electrons. The average molecular weight is 398 g/mol. The summed E-state index contributed by atoms with van der Waals surface area (Å²) >= 11 is 0. The maximum absolute atomic E-state index is 13.4. The molecule has 2 heterocycles. The monoisotopic (exact) mass is 398 g/mol. The molecule has 0 radical (unpaired) electrons. The van der Waals surface area contributed by atoms with Crippen molar-refractivity contribution in [1.29, 1.82) is 5.41 Å². The van der Waals surface area contributed by atoms with E-state index in [2.05, 4.69) is 11.9 Å². The molecular weight excluding hydrogens is 376 g/mol. The maximum Gasteiger partial charge on any atom is 0.339 e. The summed E-state index contributed by atoms with van der Waals surface area (Å²) < 4.78 is 15.9. The topological polar surface area (TPSA) is 115 Å². The zero-order valence-corrected chi connectivity index (χ0v) is 16.4. The van der Waals surface area contributed by atoms with Crippen LogP contribution < -0.4 is 5.32 Å². The molecule has 2 atom stereocenters. The highest BCUT2D eigenvalue weighted by Crippen LogP contribution is 2.52. The van der Waals surface area contributed by atoms with Gasteiger partial charge in [-0.25, -0.2) is 4.79 Å². The van der Waals surface area contributed by atoms with Gasteiger partial charge in [0.2, 0.25) is 11.8 Å². The van der Waals surface area contributed by atoms with Crippen molar-refractivity contribution in [2.45, 2.75) is 32.3 Å². The van der Waals surface area contributed by atoms with Crippen molar-refractivity contribution in [2.75, 3.05) is 11.9 Å². The first-order chi connectivity index (χ1) is 13.7. The summed E-state index contributed by atoms with van der Waals surface area (Å²) in [5.41, 5.74) is -1.14. The molecule has 2 aliphatic heterocycles. The van der Waals surface area contributed by atoms with Crippen LogP contribution >= 0.6 is 0 Å². The minimum atomic E-state index is -1.83. The molecule has 2 aliphatic rings. The van der Waals surface area contributed by atoms with Crippen molar-refractivity contribution in [3.05, 3.63) is 53.8 Å². The van der Waals surface area contributed by atoms with Crippen molar-refractivity contribution in [3.8, 4) is 0 Å². The van der Waals surface area contributed by atoms with Crippen LogP contribution in [0.5, 0.6) is 0 Å². The zero-order chi connectivity index (χ0) is 21.3. The first-order valence-electron chi connectivity index (χ1n) is 9.12. The Morgan fingerprint density at radius 1 is 1.38 bits per heavy atom. The summed E-state index contributed by atoms with van der Waals surface area (Å²) in [6.07, 6.45) is 0.898. The highest BCUT2D eigenvalue weighted by atomic mass is 16.6. The summed E-state index contributed by atoms with van der Waals surface area (Å²) in [4.78, 5) is 39.3. The predicted octanol–water partition coefficient (Wildman–Crippen LogP) is 2.45. The fourth-order valence-corrected chi connectivity index (χ4v) is 3.80. The third kappa shape index (κ3) is 3.10. The van der Waals surface area contributed by atoms with E-state index in [-0.39, 0.29) is 17.9 Å². The van der Waals surface area contributed by atoms with Crippen molar-refractivity contribution in [1.82, 2.24) is 0 Å². The van der Waals surface area contributed by atoms with E-state index in [0.717, 1.165) is 0 Å². The molecule has 1 aromatic carbocycles. The Hall–Kier alpha value is -3.42. The quantitative estimate of drug-likeness (QED) is 0.582. The van der Waals surface area contributed by atoms with E-state index in [9.17, 15) is 14.4 Å². The van der Waals surface area contributed by atoms with Crippen LogP contribution in [-0.4, -0.2) is 36.5 Å². The SMILES string of the molecule is C=CCOC(=O)C1=C(C)OC(=N)C(C(=O)OC(C)C)C12C(=O)Nc1ccccc12. The number of carbonyl (C=O) groups excluding carboxylic acids is 3. The second-order valence-corrected chi connectivity index (χ2v) is 7.01. The van der Waals surface area contributed by atoms with E-state index >= 15 is 0 Å². The number of amides is 1. The maximum atomic E-state index is 13.4. The summed E-state index contributed by atoms with van der Waals surface area (Å²) in [6.45, 7) is 8.19. The Bertz CT molecular complexity index is 948. The van der Waals surface area contributed by atoms with Gasteiger partial charge < -0.3 is 19.5 Å². The number of ether oxygens (including phenoxy) is 3. The predicted molar refractivity (Wildman–Crippen MR) is 104 cm³/mol. The molecule has 0 aromatic heterocycles. The Labute approximate surface area is 168 Å². The normalized spacial score (nSPS) is 22.8. The molecule has 1 amide bonds. The Morgan fingerprint density at radius 3 is 2.72 bits per heavy atom. The van der Waals surface area contributed by atoms with Crippen LogP contribution in [0.4, 0.5) is 5.69 Å². The van der Waals surface area contributed by atoms with Gasteiger partial charge in [-0.15, -0.1) is 0 Å². The van der Waals surface area contributed by atoms with E-state index in [1.54, 1.807) is 38.1 Å². The van der Waals surface area contributed by atoms with Crippen molar-refractivity contribution < 1.29 is 28.6 Å². The van der Waals surface area contributed by atoms with Crippen molar-refractivity contribution in [3.63, 3.8) is 0 Å². The molecule has 0 bridgehead atoms. The molecule has 29 heavy (non-hydrogen) atoms. The van der Waals surface area contributed by atoms with E-state index in [1.807, 2.05) is 0 Å². The second kappa shape index (κ2) is 7.54. The summed E-state index contributed by atoms with van der Waals surface area (Å²) in [5, 5.41) is 11.1. The van der Waals surface area contributed by atoms with Crippen LogP contribution in [0.15, 0.2) is 48.3 Å². The van der Waals surface area contributed by atoms with E-state index in [1.165, 1.54) is 13.0 Å². The van der Waals surface area contributed by atoms with Gasteiger partial charge in [-0.1, -0.05) is 30.9 Å². The number of hydrogen-bond donors (Lipinski definition) is 2. The van der Waals surface area contributed by atoms with Crippen molar-refractivity contribution >= 4 is 29.4 Å². The number of anilines is 1. The highest BCUT2D eigenvalue weighted by molar-refractivity contribution is 6.21. The first kappa shape index (κ1) is 20.3. The fraction of sp³-hybridized carbons (Fsp3) is 0.333. The molecule has 0 saturated carbocycles. The Balaban J connectivity index is 2.30. The Morgan fingerprint density at radius 2 is 2.07 bits per heavy atom. The van der Waals surface area contributed by atoms with Gasteiger partial charge in [0.1, 0.15) is 17.8 Å². The molecule has 0 saturated heterocycles. The van der Waals surface area contributed by atoms with Crippen LogP contribution in [0, 0.1) is 11.3 Å². The molecule has 2 unspecified atom stereocenters. The number of para-hydroxylation sites is 1. The minimum absolute atomic E-state index is 0.0181. The molecule has 0 fully saturated rings. The van der Waals surface area contributed by atoms with Gasteiger partial charge in [0.25, 0.3) is 0 Å². The van der Waals surface area contributed by atoms with E-state index in [4.69, 9.17) is 19.6 Å². The number of carbonyl (C=O) groups is 3. The molecule has 3 rings (SSSR count). The van der Waals surface area contributed by atoms with Crippen LogP contribution in [0.1, 0.15) is 26.3 Å². The summed E-state index contributed by atoms with van der Waals surface area (Å²) in [7, 11) is 0. The lowest BCUT2D eigenvalue weighted by Gasteiger charge is -2.39. The zero-order valence-electron chi connectivity index (χ0n) is 16.4. The lowest BCUT2D eigenvalue weighted by atomic mass is 9.64. The van der Waals surface area contributed by atoms with Gasteiger partial charge in [0.05, 0.1) is 11.7 Å². The number of esters is 2. The van der Waals surface area contributed by atoms with E-state index in [0.29, 0.717) is 11.3 Å². The average Bonchev–Trinajstić information content (AvgIpc) is 2.91. The number of nitrogens with one attached hydrogen (secondary N) is 2. The summed E-state index contributed by atoms with van der Waals surface area (Å²) in [5.74, 6) is -4.22. The molecule has 1 aromatic rings. The lowest BCUT2D eigenvalue weighted by molar-refractivity contribution is -0.155. The van der Waals surface area contributed by atoms with Gasteiger partial charge in [0.15, 0.2) is 5.92 Å². The van der Waals surface area contributed by atoms with Gasteiger partial charge in [-0.3, -0.25) is 15.0 Å². The fourth-order valence-electron chi connectivity index (χ4n) is 3.80. The molecule has 2 N–H and O–H groups in total. The Kier molecular flexibility index (Phi) is 5.28. The van der Waals surface area contributed by atoms with Gasteiger partial charge >= 0.3 is 11.9 Å². The van der Waals surface area contributed by atoms with E-state index < -0.39 is 41.2 Å². The number of rotatable bonds is 5. The third-order valence-electron chi connectivity index (χ3n) is 4.79. The van der Waals surface area contributed by atoms with Gasteiger partial charge in [-0.2, -0.15) is 0 Å². The third-order valence-corrected chi connectivity index (χ3v) is 4.79. The van der Waals surface area contributed by atoms with Gasteiger partial charge in [0, 0.05) is 5.69 Å². The lowest BCUT2D eigenvalue weighted by Crippen LogP contribution is -2.56. The van der Waals surface area contributed by atoms with Gasteiger partial charge in [-0.05, 0) is 32.4 Å². The molecule has 8 heteroatoms. The molecule has 0 aliphatic carbocycles. The van der Waals surface area contributed by atoms with Crippen LogP contribution in [-0.2, 0) is 34.0 Å². The molecule has 8 nitrogen and oxygen atoms in total. The van der Waals surface area contributed by atoms with Crippen LogP contribution in [0.2, 0.25) is 0 Å². The summed E-state index contributed by atoms with van der Waals surface area (Å²) in [6, 6.07) is 6.70. The van der Waals surface area contributed by atoms with Crippen LogP contribution in [0.3, 0.4) is 0 Å². The number of hydrogen-bond acceptors (Lipinski definition) is 7. The minimum Gasteiger partial charge on any atom is -0.462 e. The van der Waals surface area contributed by atoms with Crippen molar-refractivity contribution in [2.24, 2.45) is 5.92 Å².